The van der Waals surface area contributed by atoms with Crippen LogP contribution in [0.4, 0.5) is 5.82 Å². The lowest BCUT2D eigenvalue weighted by molar-refractivity contribution is 0.0899. The van der Waals surface area contributed by atoms with Gasteiger partial charge in [-0.25, -0.2) is 9.97 Å². The molecular formula is C21H32N6OSi. The lowest BCUT2D eigenvalue weighted by Gasteiger charge is -2.42. The lowest BCUT2D eigenvalue weighted by atomic mass is 9.75. The van der Waals surface area contributed by atoms with Crippen LogP contribution in [0.15, 0.2) is 18.6 Å². The fourth-order valence-electron chi connectivity index (χ4n) is 4.71. The number of hydrogen-bond acceptors (Lipinski definition) is 6. The fourth-order valence-corrected chi connectivity index (χ4v) is 5.46. The van der Waals surface area contributed by atoms with E-state index in [1.807, 2.05) is 4.90 Å². The third kappa shape index (κ3) is 4.12. The first-order chi connectivity index (χ1) is 13.8. The minimum Gasteiger partial charge on any atom is -0.361 e. The van der Waals surface area contributed by atoms with Crippen molar-refractivity contribution in [2.45, 2.75) is 45.8 Å². The fraction of sp³-hybridized carbons (Fsp3) is 0.667. The Balaban J connectivity index is 1.49. The molecule has 2 aliphatic heterocycles. The summed E-state index contributed by atoms with van der Waals surface area (Å²) >= 11 is 0. The molecule has 8 heteroatoms. The number of aromatic nitrogens is 3. The van der Waals surface area contributed by atoms with E-state index in [4.69, 9.17) is 4.74 Å². The van der Waals surface area contributed by atoms with Gasteiger partial charge < -0.3 is 19.1 Å². The molecular weight excluding hydrogens is 380 g/mol. The molecule has 0 saturated carbocycles. The molecule has 4 heterocycles. The van der Waals surface area contributed by atoms with Gasteiger partial charge in [0.25, 0.3) is 0 Å². The molecule has 0 aliphatic carbocycles. The Bertz CT molecular complexity index is 916. The Kier molecular flexibility index (Phi) is 5.30. The quantitative estimate of drug-likeness (QED) is 0.412. The van der Waals surface area contributed by atoms with Crippen molar-refractivity contribution >= 4 is 24.9 Å². The van der Waals surface area contributed by atoms with E-state index in [2.05, 4.69) is 64.5 Å². The SMILES string of the molecule is C[C@@]12CN(C#N)C[C@@H]1CCN(c1ncnc3c1ccn3COCC[Si](C)(C)C)C2. The highest BCUT2D eigenvalue weighted by molar-refractivity contribution is 6.76. The maximum absolute atomic E-state index is 9.32. The van der Waals surface area contributed by atoms with Gasteiger partial charge in [0.15, 0.2) is 6.19 Å². The Labute approximate surface area is 174 Å². The van der Waals surface area contributed by atoms with E-state index in [1.165, 1.54) is 6.04 Å². The van der Waals surface area contributed by atoms with E-state index >= 15 is 0 Å². The van der Waals surface area contributed by atoms with Gasteiger partial charge in [0.05, 0.1) is 5.39 Å². The summed E-state index contributed by atoms with van der Waals surface area (Å²) in [6.45, 7) is 14.4. The lowest BCUT2D eigenvalue weighted by Crippen LogP contribution is -2.47. The van der Waals surface area contributed by atoms with Gasteiger partial charge in [-0.1, -0.05) is 26.6 Å². The average molecular weight is 413 g/mol. The zero-order valence-corrected chi connectivity index (χ0v) is 19.1. The third-order valence-electron chi connectivity index (χ3n) is 6.48. The maximum atomic E-state index is 9.32. The maximum Gasteiger partial charge on any atom is 0.179 e. The Morgan fingerprint density at radius 3 is 2.90 bits per heavy atom. The Morgan fingerprint density at radius 2 is 2.14 bits per heavy atom. The standard InChI is InChI=1S/C21H32N6OSi/c1-21-12-25(14-22)11-17(21)5-7-26(13-21)19-18-6-8-27(20(18)24-15-23-19)16-28-9-10-29(2,3)4/h6,8,15,17H,5,7,9-13,16H2,1-4H3/t17-,21-/m0/s1. The molecule has 7 nitrogen and oxygen atoms in total. The van der Waals surface area contributed by atoms with Crippen molar-refractivity contribution in [2.75, 3.05) is 37.7 Å². The summed E-state index contributed by atoms with van der Waals surface area (Å²) in [5.74, 6) is 1.59. The monoisotopic (exact) mass is 412 g/mol. The number of nitriles is 1. The highest BCUT2D eigenvalue weighted by Crippen LogP contribution is 2.43. The number of hydrogen-bond donors (Lipinski definition) is 0. The zero-order valence-electron chi connectivity index (χ0n) is 18.1. The minimum atomic E-state index is -1.08. The number of anilines is 1. The van der Waals surface area contributed by atoms with Crippen LogP contribution in [0.25, 0.3) is 11.0 Å². The van der Waals surface area contributed by atoms with Crippen molar-refractivity contribution in [3.63, 3.8) is 0 Å². The van der Waals surface area contributed by atoms with Crippen molar-refractivity contribution < 1.29 is 4.74 Å². The van der Waals surface area contributed by atoms with Gasteiger partial charge in [-0.05, 0) is 24.4 Å². The zero-order chi connectivity index (χ0) is 20.6. The van der Waals surface area contributed by atoms with Crippen LogP contribution in [0.3, 0.4) is 0 Å². The summed E-state index contributed by atoms with van der Waals surface area (Å²) in [5, 5.41) is 10.4. The molecule has 2 aromatic heterocycles. The van der Waals surface area contributed by atoms with E-state index in [1.54, 1.807) is 6.33 Å². The molecule has 0 radical (unpaired) electrons. The van der Waals surface area contributed by atoms with Gasteiger partial charge in [0, 0.05) is 52.5 Å². The van der Waals surface area contributed by atoms with Crippen molar-refractivity contribution in [1.82, 2.24) is 19.4 Å². The molecule has 0 aromatic carbocycles. The van der Waals surface area contributed by atoms with Crippen molar-refractivity contribution in [3.05, 3.63) is 18.6 Å². The van der Waals surface area contributed by atoms with E-state index in [9.17, 15) is 5.26 Å². The predicted molar refractivity (Wildman–Crippen MR) is 117 cm³/mol. The molecule has 0 spiro atoms. The number of fused-ring (bicyclic) bond motifs is 2. The predicted octanol–water partition coefficient (Wildman–Crippen LogP) is 3.37. The van der Waals surface area contributed by atoms with Gasteiger partial charge in [-0.3, -0.25) is 0 Å². The molecule has 0 bridgehead atoms. The van der Waals surface area contributed by atoms with Crippen LogP contribution in [0.5, 0.6) is 0 Å². The summed E-state index contributed by atoms with van der Waals surface area (Å²) < 4.78 is 8.01. The molecule has 0 unspecified atom stereocenters. The van der Waals surface area contributed by atoms with Crippen molar-refractivity contribution in [3.8, 4) is 6.19 Å². The summed E-state index contributed by atoms with van der Waals surface area (Å²) in [6, 6.07) is 3.27. The van der Waals surface area contributed by atoms with Crippen LogP contribution in [0.2, 0.25) is 25.7 Å². The third-order valence-corrected chi connectivity index (χ3v) is 8.18. The second-order valence-electron chi connectivity index (χ2n) is 10.1. The molecule has 2 saturated heterocycles. The summed E-state index contributed by atoms with van der Waals surface area (Å²) in [6.07, 6.45) is 7.16. The average Bonchev–Trinajstić information content (AvgIpc) is 3.24. The van der Waals surface area contributed by atoms with E-state index in [0.717, 1.165) is 56.1 Å². The molecule has 4 rings (SSSR count). The largest absolute Gasteiger partial charge is 0.361 e. The van der Waals surface area contributed by atoms with Gasteiger partial charge in [-0.2, -0.15) is 5.26 Å². The molecule has 0 amide bonds. The highest BCUT2D eigenvalue weighted by atomic mass is 28.3. The van der Waals surface area contributed by atoms with Crippen molar-refractivity contribution in [1.29, 1.82) is 5.26 Å². The van der Waals surface area contributed by atoms with E-state index < -0.39 is 8.07 Å². The first-order valence-corrected chi connectivity index (χ1v) is 14.3. The first-order valence-electron chi connectivity index (χ1n) is 10.6. The van der Waals surface area contributed by atoms with Gasteiger partial charge in [0.2, 0.25) is 0 Å². The van der Waals surface area contributed by atoms with Crippen molar-refractivity contribution in [2.24, 2.45) is 11.3 Å². The summed E-state index contributed by atoms with van der Waals surface area (Å²) in [4.78, 5) is 13.5. The van der Waals surface area contributed by atoms with E-state index in [-0.39, 0.29) is 5.41 Å². The first kappa shape index (κ1) is 20.2. The molecule has 0 N–H and O–H groups in total. The van der Waals surface area contributed by atoms with Gasteiger partial charge in [-0.15, -0.1) is 0 Å². The normalized spacial score (nSPS) is 24.7. The van der Waals surface area contributed by atoms with E-state index in [0.29, 0.717) is 12.6 Å². The number of likely N-dealkylation sites (tertiary alicyclic amines) is 1. The van der Waals surface area contributed by atoms with Gasteiger partial charge >= 0.3 is 0 Å². The van der Waals surface area contributed by atoms with Crippen LogP contribution < -0.4 is 4.90 Å². The minimum absolute atomic E-state index is 0.133. The van der Waals surface area contributed by atoms with Gasteiger partial charge in [0.1, 0.15) is 24.5 Å². The smallest absolute Gasteiger partial charge is 0.179 e. The number of rotatable bonds is 6. The highest BCUT2D eigenvalue weighted by Gasteiger charge is 2.46. The van der Waals surface area contributed by atoms with Crippen LogP contribution in [-0.4, -0.2) is 60.3 Å². The molecule has 2 atom stereocenters. The van der Waals surface area contributed by atoms with Crippen LogP contribution in [0, 0.1) is 22.8 Å². The Hall–Kier alpha value is -2.11. The Morgan fingerprint density at radius 1 is 1.31 bits per heavy atom. The topological polar surface area (TPSA) is 70.2 Å². The van der Waals surface area contributed by atoms with Crippen LogP contribution in [0.1, 0.15) is 13.3 Å². The number of ether oxygens (including phenoxy) is 1. The number of piperidine rings is 1. The molecule has 156 valence electrons. The van der Waals surface area contributed by atoms with Crippen LogP contribution in [-0.2, 0) is 11.5 Å². The molecule has 29 heavy (non-hydrogen) atoms. The molecule has 2 fully saturated rings. The molecule has 2 aromatic rings. The summed E-state index contributed by atoms with van der Waals surface area (Å²) in [5.41, 5.74) is 1.06. The number of nitrogens with zero attached hydrogens (tertiary/aromatic N) is 6. The van der Waals surface area contributed by atoms with Crippen LogP contribution >= 0.6 is 0 Å². The second kappa shape index (κ2) is 7.61. The molecule has 2 aliphatic rings. The second-order valence-corrected chi connectivity index (χ2v) is 15.7. The summed E-state index contributed by atoms with van der Waals surface area (Å²) in [7, 11) is -1.08.